The summed E-state index contributed by atoms with van der Waals surface area (Å²) >= 11 is 1.22. The van der Waals surface area contributed by atoms with Crippen LogP contribution < -0.4 is 10.0 Å². The number of rotatable bonds is 5. The zero-order chi connectivity index (χ0) is 17.2. The van der Waals surface area contributed by atoms with Crippen molar-refractivity contribution >= 4 is 38.4 Å². The molecule has 0 aliphatic carbocycles. The van der Waals surface area contributed by atoms with Crippen LogP contribution in [0.2, 0.25) is 0 Å². The lowest BCUT2D eigenvalue weighted by Crippen LogP contribution is -2.11. The smallest absolute Gasteiger partial charge is 0.271 e. The molecule has 0 saturated heterocycles. The Labute approximate surface area is 144 Å². The molecule has 0 saturated carbocycles. The molecule has 3 rings (SSSR count). The average Bonchev–Trinajstić information content (AvgIpc) is 2.97. The van der Waals surface area contributed by atoms with Crippen molar-refractivity contribution in [3.63, 3.8) is 0 Å². The molecule has 1 heterocycles. The Morgan fingerprint density at radius 1 is 0.917 bits per heavy atom. The van der Waals surface area contributed by atoms with Gasteiger partial charge in [0, 0.05) is 21.9 Å². The van der Waals surface area contributed by atoms with Gasteiger partial charge in [-0.3, -0.25) is 4.72 Å². The Morgan fingerprint density at radius 3 is 2.25 bits per heavy atom. The van der Waals surface area contributed by atoms with Crippen molar-refractivity contribution in [1.29, 1.82) is 0 Å². The van der Waals surface area contributed by atoms with Gasteiger partial charge in [0.2, 0.25) is 0 Å². The van der Waals surface area contributed by atoms with Crippen molar-refractivity contribution in [3.05, 3.63) is 71.4 Å². The second-order valence-electron chi connectivity index (χ2n) is 5.18. The van der Waals surface area contributed by atoms with E-state index in [0.29, 0.717) is 11.4 Å². The van der Waals surface area contributed by atoms with E-state index >= 15 is 0 Å². The summed E-state index contributed by atoms with van der Waals surface area (Å²) in [6, 6.07) is 16.2. The highest BCUT2D eigenvalue weighted by atomic mass is 32.2. The van der Waals surface area contributed by atoms with Crippen molar-refractivity contribution in [2.75, 3.05) is 10.0 Å². The molecule has 124 valence electrons. The van der Waals surface area contributed by atoms with Crippen LogP contribution in [0.1, 0.15) is 4.88 Å². The standard InChI is InChI=1S/C17H15FN2O2S2/c1-12-5-10-17(23-12)24(21,22)20-15-8-6-14(7-9-15)19-16-4-2-3-13(18)11-16/h2-11,19-20H,1H3. The van der Waals surface area contributed by atoms with Crippen molar-refractivity contribution in [1.82, 2.24) is 0 Å². The summed E-state index contributed by atoms with van der Waals surface area (Å²) in [7, 11) is -3.57. The molecule has 0 aliphatic heterocycles. The Bertz CT molecular complexity index is 951. The number of aryl methyl sites for hydroxylation is 1. The first-order chi connectivity index (χ1) is 11.4. The maximum atomic E-state index is 13.2. The lowest BCUT2D eigenvalue weighted by atomic mass is 10.2. The quantitative estimate of drug-likeness (QED) is 0.689. The van der Waals surface area contributed by atoms with E-state index in [-0.39, 0.29) is 10.0 Å². The topological polar surface area (TPSA) is 58.2 Å². The number of hydrogen-bond acceptors (Lipinski definition) is 4. The summed E-state index contributed by atoms with van der Waals surface area (Å²) < 4.78 is 40.5. The first-order valence-corrected chi connectivity index (χ1v) is 9.44. The molecule has 2 aromatic carbocycles. The highest BCUT2D eigenvalue weighted by Crippen LogP contribution is 2.25. The molecule has 0 amide bonds. The van der Waals surface area contributed by atoms with E-state index in [2.05, 4.69) is 10.0 Å². The lowest BCUT2D eigenvalue weighted by molar-refractivity contribution is 0.603. The molecule has 2 N–H and O–H groups in total. The average molecular weight is 362 g/mol. The minimum atomic E-state index is -3.57. The van der Waals surface area contributed by atoms with Gasteiger partial charge in [0.15, 0.2) is 0 Å². The van der Waals surface area contributed by atoms with Gasteiger partial charge in [0.05, 0.1) is 0 Å². The van der Waals surface area contributed by atoms with Crippen LogP contribution in [0.4, 0.5) is 21.5 Å². The monoisotopic (exact) mass is 362 g/mol. The first-order valence-electron chi connectivity index (χ1n) is 7.14. The molecule has 24 heavy (non-hydrogen) atoms. The van der Waals surface area contributed by atoms with E-state index in [0.717, 1.165) is 10.6 Å². The molecular weight excluding hydrogens is 347 g/mol. The third kappa shape index (κ3) is 3.93. The molecule has 3 aromatic rings. The van der Waals surface area contributed by atoms with Gasteiger partial charge < -0.3 is 5.32 Å². The highest BCUT2D eigenvalue weighted by molar-refractivity contribution is 7.94. The molecule has 7 heteroatoms. The van der Waals surface area contributed by atoms with Crippen molar-refractivity contribution in [2.24, 2.45) is 0 Å². The van der Waals surface area contributed by atoms with Crippen molar-refractivity contribution < 1.29 is 12.8 Å². The minimum Gasteiger partial charge on any atom is -0.355 e. The Hall–Kier alpha value is -2.38. The zero-order valence-electron chi connectivity index (χ0n) is 12.8. The molecule has 0 unspecified atom stereocenters. The summed E-state index contributed by atoms with van der Waals surface area (Å²) in [5.41, 5.74) is 1.82. The van der Waals surface area contributed by atoms with Gasteiger partial charge in [-0.2, -0.15) is 0 Å². The normalized spacial score (nSPS) is 11.2. The summed E-state index contributed by atoms with van der Waals surface area (Å²) in [5.74, 6) is -0.323. The molecule has 0 bridgehead atoms. The number of anilines is 3. The molecule has 0 spiro atoms. The van der Waals surface area contributed by atoms with E-state index in [1.165, 1.54) is 23.5 Å². The third-order valence-corrected chi connectivity index (χ3v) is 6.10. The van der Waals surface area contributed by atoms with Gasteiger partial charge in [-0.25, -0.2) is 12.8 Å². The van der Waals surface area contributed by atoms with E-state index in [4.69, 9.17) is 0 Å². The number of benzene rings is 2. The molecular formula is C17H15FN2O2S2. The SMILES string of the molecule is Cc1ccc(S(=O)(=O)Nc2ccc(Nc3cccc(F)c3)cc2)s1. The van der Waals surface area contributed by atoms with Gasteiger partial charge in [-0.15, -0.1) is 11.3 Å². The zero-order valence-corrected chi connectivity index (χ0v) is 14.4. The van der Waals surface area contributed by atoms with Gasteiger partial charge in [-0.05, 0) is 61.5 Å². The highest BCUT2D eigenvalue weighted by Gasteiger charge is 2.16. The van der Waals surface area contributed by atoms with E-state index in [1.54, 1.807) is 48.5 Å². The maximum absolute atomic E-state index is 13.2. The molecule has 0 aliphatic rings. The molecule has 0 atom stereocenters. The van der Waals surface area contributed by atoms with Crippen LogP contribution in [0.15, 0.2) is 64.9 Å². The van der Waals surface area contributed by atoms with Gasteiger partial charge in [-0.1, -0.05) is 6.07 Å². The molecule has 4 nitrogen and oxygen atoms in total. The van der Waals surface area contributed by atoms with Crippen LogP contribution >= 0.6 is 11.3 Å². The predicted octanol–water partition coefficient (Wildman–Crippen LogP) is 4.74. The van der Waals surface area contributed by atoms with Crippen LogP contribution in [-0.4, -0.2) is 8.42 Å². The maximum Gasteiger partial charge on any atom is 0.271 e. The summed E-state index contributed by atoms with van der Waals surface area (Å²) in [6.07, 6.45) is 0. The second kappa shape index (κ2) is 6.62. The molecule has 1 aromatic heterocycles. The summed E-state index contributed by atoms with van der Waals surface area (Å²) in [6.45, 7) is 1.86. The number of sulfonamides is 1. The van der Waals surface area contributed by atoms with Crippen LogP contribution in [0, 0.1) is 12.7 Å². The number of hydrogen-bond donors (Lipinski definition) is 2. The van der Waals surface area contributed by atoms with Crippen LogP contribution in [-0.2, 0) is 10.0 Å². The van der Waals surface area contributed by atoms with E-state index in [1.807, 2.05) is 6.92 Å². The summed E-state index contributed by atoms with van der Waals surface area (Å²) in [4.78, 5) is 0.935. The molecule has 0 radical (unpaired) electrons. The van der Waals surface area contributed by atoms with Crippen LogP contribution in [0.5, 0.6) is 0 Å². The van der Waals surface area contributed by atoms with Gasteiger partial charge in [0.1, 0.15) is 10.0 Å². The second-order valence-corrected chi connectivity index (χ2v) is 8.38. The van der Waals surface area contributed by atoms with E-state index in [9.17, 15) is 12.8 Å². The predicted molar refractivity (Wildman–Crippen MR) is 96.0 cm³/mol. The molecule has 0 fully saturated rings. The number of nitrogens with one attached hydrogen (secondary N) is 2. The van der Waals surface area contributed by atoms with Crippen molar-refractivity contribution in [2.45, 2.75) is 11.1 Å². The largest absolute Gasteiger partial charge is 0.355 e. The number of halogens is 1. The third-order valence-electron chi connectivity index (χ3n) is 3.23. The summed E-state index contributed by atoms with van der Waals surface area (Å²) in [5, 5.41) is 3.05. The van der Waals surface area contributed by atoms with Gasteiger partial charge in [0.25, 0.3) is 10.0 Å². The van der Waals surface area contributed by atoms with Crippen molar-refractivity contribution in [3.8, 4) is 0 Å². The lowest BCUT2D eigenvalue weighted by Gasteiger charge is -2.09. The van der Waals surface area contributed by atoms with Gasteiger partial charge >= 0.3 is 0 Å². The van der Waals surface area contributed by atoms with Crippen LogP contribution in [0.25, 0.3) is 0 Å². The van der Waals surface area contributed by atoms with Crippen LogP contribution in [0.3, 0.4) is 0 Å². The number of thiophene rings is 1. The Balaban J connectivity index is 1.73. The minimum absolute atomic E-state index is 0.280. The first kappa shape index (κ1) is 16.5. The fourth-order valence-electron chi connectivity index (χ4n) is 2.12. The van der Waals surface area contributed by atoms with E-state index < -0.39 is 10.0 Å². The Morgan fingerprint density at radius 2 is 1.62 bits per heavy atom. The fourth-order valence-corrected chi connectivity index (χ4v) is 4.46. The fraction of sp³-hybridized carbons (Fsp3) is 0.0588. The Kier molecular flexibility index (Phi) is 4.55.